The number of alkyl halides is 3. The van der Waals surface area contributed by atoms with Gasteiger partial charge in [-0.15, -0.1) is 0 Å². The molecule has 4 nitrogen and oxygen atoms in total. The average molecular weight is 282 g/mol. The molecule has 0 saturated carbocycles. The van der Waals surface area contributed by atoms with Crippen LogP contribution in [0.1, 0.15) is 5.56 Å². The van der Waals surface area contributed by atoms with Crippen LogP contribution in [0.5, 0.6) is 0 Å². The highest BCUT2D eigenvalue weighted by molar-refractivity contribution is 6.33. The highest BCUT2D eigenvalue weighted by atomic mass is 35.5. The first-order chi connectivity index (χ1) is 8.29. The van der Waals surface area contributed by atoms with E-state index in [1.165, 1.54) is 0 Å². The monoisotopic (exact) mass is 281 g/mol. The molecule has 100 valence electrons. The van der Waals surface area contributed by atoms with E-state index in [1.54, 1.807) is 4.90 Å². The Morgan fingerprint density at radius 2 is 2.11 bits per heavy atom. The summed E-state index contributed by atoms with van der Waals surface area (Å²) in [7, 11) is 0. The zero-order valence-electron chi connectivity index (χ0n) is 9.15. The van der Waals surface area contributed by atoms with Crippen molar-refractivity contribution in [2.75, 3.05) is 18.0 Å². The number of hydrogen-bond acceptors (Lipinski definition) is 4. The van der Waals surface area contributed by atoms with Crippen LogP contribution in [0, 0.1) is 0 Å². The Kier molecular flexibility index (Phi) is 3.39. The number of hydrogen-bond donors (Lipinski definition) is 2. The van der Waals surface area contributed by atoms with Crippen molar-refractivity contribution >= 4 is 17.4 Å². The van der Waals surface area contributed by atoms with Crippen LogP contribution in [-0.2, 0) is 6.18 Å². The fourth-order valence-corrected chi connectivity index (χ4v) is 2.09. The maximum atomic E-state index is 12.4. The molecule has 2 atom stereocenters. The molecule has 1 aromatic rings. The molecule has 0 bridgehead atoms. The average Bonchev–Trinajstić information content (AvgIpc) is 2.57. The third-order valence-corrected chi connectivity index (χ3v) is 3.06. The van der Waals surface area contributed by atoms with Crippen LogP contribution < -0.4 is 10.6 Å². The number of aliphatic hydroxyl groups is 1. The van der Waals surface area contributed by atoms with Crippen molar-refractivity contribution in [2.45, 2.75) is 18.3 Å². The summed E-state index contributed by atoms with van der Waals surface area (Å²) in [6.07, 6.45) is -4.49. The Labute approximate surface area is 106 Å². The molecule has 1 aliphatic heterocycles. The molecule has 2 rings (SSSR count). The number of anilines is 1. The lowest BCUT2D eigenvalue weighted by Gasteiger charge is -2.18. The van der Waals surface area contributed by atoms with E-state index in [0.29, 0.717) is 6.54 Å². The molecule has 8 heteroatoms. The molecule has 0 radical (unpaired) electrons. The number of pyridine rings is 1. The van der Waals surface area contributed by atoms with Gasteiger partial charge >= 0.3 is 6.18 Å². The van der Waals surface area contributed by atoms with Crippen molar-refractivity contribution in [3.63, 3.8) is 0 Å². The van der Waals surface area contributed by atoms with Crippen molar-refractivity contribution < 1.29 is 18.3 Å². The smallest absolute Gasteiger partial charge is 0.390 e. The third-order valence-electron chi connectivity index (χ3n) is 2.78. The minimum absolute atomic E-state index is 0.105. The van der Waals surface area contributed by atoms with Gasteiger partial charge in [-0.3, -0.25) is 0 Å². The highest BCUT2D eigenvalue weighted by Gasteiger charge is 2.34. The van der Waals surface area contributed by atoms with Gasteiger partial charge in [0.1, 0.15) is 5.82 Å². The maximum absolute atomic E-state index is 12.4. The van der Waals surface area contributed by atoms with Crippen LogP contribution in [-0.4, -0.2) is 35.3 Å². The van der Waals surface area contributed by atoms with E-state index < -0.39 is 23.9 Å². The van der Waals surface area contributed by atoms with E-state index in [9.17, 15) is 18.3 Å². The van der Waals surface area contributed by atoms with E-state index in [2.05, 4.69) is 4.98 Å². The zero-order valence-corrected chi connectivity index (χ0v) is 9.91. The van der Waals surface area contributed by atoms with E-state index in [1.807, 2.05) is 0 Å². The van der Waals surface area contributed by atoms with Crippen molar-refractivity contribution in [3.8, 4) is 0 Å². The second kappa shape index (κ2) is 4.56. The molecule has 1 aliphatic rings. The number of nitrogens with zero attached hydrogens (tertiary/aromatic N) is 2. The van der Waals surface area contributed by atoms with Gasteiger partial charge in [0, 0.05) is 25.3 Å². The van der Waals surface area contributed by atoms with Gasteiger partial charge in [-0.1, -0.05) is 11.6 Å². The zero-order chi connectivity index (χ0) is 13.5. The standard InChI is InChI=1S/C10H11ClF3N3O/c11-6-1-5(10(12,13)14)2-16-9(6)17-3-7(15)8(18)4-17/h1-2,7-8,18H,3-4,15H2. The first kappa shape index (κ1) is 13.4. The highest BCUT2D eigenvalue weighted by Crippen LogP contribution is 2.34. The molecule has 0 aromatic carbocycles. The normalized spacial score (nSPS) is 24.7. The summed E-state index contributed by atoms with van der Waals surface area (Å²) in [5.41, 5.74) is 4.71. The van der Waals surface area contributed by atoms with E-state index in [0.717, 1.165) is 12.3 Å². The molecule has 0 amide bonds. The van der Waals surface area contributed by atoms with Gasteiger partial charge in [0.25, 0.3) is 0 Å². The Morgan fingerprint density at radius 3 is 2.56 bits per heavy atom. The molecule has 3 N–H and O–H groups in total. The molecular weight excluding hydrogens is 271 g/mol. The van der Waals surface area contributed by atoms with Gasteiger partial charge < -0.3 is 15.7 Å². The van der Waals surface area contributed by atoms with Crippen LogP contribution in [0.25, 0.3) is 0 Å². The van der Waals surface area contributed by atoms with Crippen molar-refractivity contribution in [1.82, 2.24) is 4.98 Å². The van der Waals surface area contributed by atoms with Crippen LogP contribution >= 0.6 is 11.6 Å². The van der Waals surface area contributed by atoms with Gasteiger partial charge in [-0.2, -0.15) is 13.2 Å². The molecule has 1 aromatic heterocycles. The summed E-state index contributed by atoms with van der Waals surface area (Å²) in [6.45, 7) is 0.512. The van der Waals surface area contributed by atoms with Crippen LogP contribution in [0.15, 0.2) is 12.3 Å². The minimum Gasteiger partial charge on any atom is -0.390 e. The molecule has 18 heavy (non-hydrogen) atoms. The van der Waals surface area contributed by atoms with Crippen LogP contribution in [0.2, 0.25) is 5.02 Å². The number of nitrogens with two attached hydrogens (primary N) is 1. The second-order valence-corrected chi connectivity index (χ2v) is 4.57. The molecule has 2 unspecified atom stereocenters. The number of rotatable bonds is 1. The number of β-amino-alcohol motifs (C(OH)–C–C–N with tert-alkyl or cyclic N) is 1. The summed E-state index contributed by atoms with van der Waals surface area (Å²) in [4.78, 5) is 5.27. The lowest BCUT2D eigenvalue weighted by atomic mass is 10.2. The van der Waals surface area contributed by atoms with Crippen molar-refractivity contribution in [2.24, 2.45) is 5.73 Å². The first-order valence-corrected chi connectivity index (χ1v) is 5.58. The van der Waals surface area contributed by atoms with Gasteiger partial charge in [-0.05, 0) is 6.07 Å². The summed E-state index contributed by atoms with van der Waals surface area (Å²) in [6, 6.07) is 0.366. The van der Waals surface area contributed by atoms with Gasteiger partial charge in [0.05, 0.1) is 16.7 Å². The molecule has 1 fully saturated rings. The number of aliphatic hydroxyl groups excluding tert-OH is 1. The fraction of sp³-hybridized carbons (Fsp3) is 0.500. The van der Waals surface area contributed by atoms with Crippen molar-refractivity contribution in [3.05, 3.63) is 22.8 Å². The lowest BCUT2D eigenvalue weighted by molar-refractivity contribution is -0.137. The van der Waals surface area contributed by atoms with Gasteiger partial charge in [-0.25, -0.2) is 4.98 Å². The predicted molar refractivity (Wildman–Crippen MR) is 60.4 cm³/mol. The second-order valence-electron chi connectivity index (χ2n) is 4.16. The number of halogens is 4. The predicted octanol–water partition coefficient (Wildman–Crippen LogP) is 1.26. The fourth-order valence-electron chi connectivity index (χ4n) is 1.80. The minimum atomic E-state index is -4.48. The lowest BCUT2D eigenvalue weighted by Crippen LogP contribution is -2.32. The van der Waals surface area contributed by atoms with Gasteiger partial charge in [0.15, 0.2) is 0 Å². The summed E-state index contributed by atoms with van der Waals surface area (Å²) >= 11 is 5.78. The largest absolute Gasteiger partial charge is 0.417 e. The van der Waals surface area contributed by atoms with Crippen LogP contribution in [0.3, 0.4) is 0 Å². The van der Waals surface area contributed by atoms with E-state index in [-0.39, 0.29) is 17.4 Å². The van der Waals surface area contributed by atoms with E-state index in [4.69, 9.17) is 17.3 Å². The summed E-state index contributed by atoms with van der Waals surface area (Å²) in [5.74, 6) is 0.205. The summed E-state index contributed by atoms with van der Waals surface area (Å²) < 4.78 is 37.3. The first-order valence-electron chi connectivity index (χ1n) is 5.20. The Morgan fingerprint density at radius 1 is 1.44 bits per heavy atom. The summed E-state index contributed by atoms with van der Waals surface area (Å²) in [5, 5.41) is 9.38. The van der Waals surface area contributed by atoms with Gasteiger partial charge in [0.2, 0.25) is 0 Å². The third kappa shape index (κ3) is 2.52. The molecule has 0 spiro atoms. The molecule has 0 aliphatic carbocycles. The van der Waals surface area contributed by atoms with Crippen LogP contribution in [0.4, 0.5) is 19.0 Å². The Balaban J connectivity index is 2.26. The molecule has 2 heterocycles. The van der Waals surface area contributed by atoms with E-state index >= 15 is 0 Å². The van der Waals surface area contributed by atoms with Crippen molar-refractivity contribution in [1.29, 1.82) is 0 Å². The Bertz CT molecular complexity index is 444. The SMILES string of the molecule is NC1CN(c2ncc(C(F)(F)F)cc2Cl)CC1O. The molecular formula is C10H11ClF3N3O. The number of aromatic nitrogens is 1. The maximum Gasteiger partial charge on any atom is 0.417 e. The molecule has 1 saturated heterocycles. The topological polar surface area (TPSA) is 62.4 Å². The Hall–Kier alpha value is -1.05. The quantitative estimate of drug-likeness (QED) is 0.814.